The lowest BCUT2D eigenvalue weighted by atomic mass is 9.89. The van der Waals surface area contributed by atoms with Gasteiger partial charge in [-0.1, -0.05) is 20.4 Å². The summed E-state index contributed by atoms with van der Waals surface area (Å²) in [5.74, 6) is -1.22. The van der Waals surface area contributed by atoms with Gasteiger partial charge in [-0.25, -0.2) is 0 Å². The Balaban J connectivity index is 2.23. The Labute approximate surface area is 223 Å². The molecule has 0 aliphatic carbocycles. The smallest absolute Gasteiger partial charge is 0.265 e. The lowest BCUT2D eigenvalue weighted by molar-refractivity contribution is -0.141. The zero-order valence-electron chi connectivity index (χ0n) is 22.6. The van der Waals surface area contributed by atoms with Gasteiger partial charge in [0.25, 0.3) is 5.91 Å². The van der Waals surface area contributed by atoms with Gasteiger partial charge < -0.3 is 25.2 Å². The van der Waals surface area contributed by atoms with Crippen LogP contribution in [0, 0.1) is 11.8 Å². The van der Waals surface area contributed by atoms with Gasteiger partial charge in [0, 0.05) is 52.4 Å². The molecule has 204 valence electrons. The van der Waals surface area contributed by atoms with Crippen LogP contribution in [0.2, 0.25) is 0 Å². The fraction of sp³-hybridized carbons (Fsp3) is 0.577. The molecule has 0 spiro atoms. The number of rotatable bonds is 12. The SMILES string of the molecule is C=C/C(O[C@H]1CCN(C(=O)c2cncs2)C1)=C(\C)[C@@H](CNC(C)=O)N(C)C(=O)[C@H](C)[C@H](CC)C(=O)NC. The van der Waals surface area contributed by atoms with Gasteiger partial charge in [-0.3, -0.25) is 24.2 Å². The Kier molecular flexibility index (Phi) is 11.3. The number of nitrogens with zero attached hydrogens (tertiary/aromatic N) is 3. The molecule has 1 aromatic heterocycles. The van der Waals surface area contributed by atoms with Crippen molar-refractivity contribution in [3.05, 3.63) is 40.6 Å². The van der Waals surface area contributed by atoms with Gasteiger partial charge in [0.2, 0.25) is 17.7 Å². The molecule has 1 aliphatic heterocycles. The first kappa shape index (κ1) is 30.0. The van der Waals surface area contributed by atoms with Crippen molar-refractivity contribution in [3.63, 3.8) is 0 Å². The lowest BCUT2D eigenvalue weighted by Gasteiger charge is -2.34. The van der Waals surface area contributed by atoms with Crippen LogP contribution in [0.1, 0.15) is 50.2 Å². The molecule has 2 rings (SSSR count). The zero-order chi connectivity index (χ0) is 27.7. The minimum absolute atomic E-state index is 0.0705. The number of amides is 4. The van der Waals surface area contributed by atoms with Gasteiger partial charge in [-0.05, 0) is 25.0 Å². The van der Waals surface area contributed by atoms with Gasteiger partial charge in [0.1, 0.15) is 16.7 Å². The number of nitrogens with one attached hydrogen (secondary N) is 2. The second-order valence-electron chi connectivity index (χ2n) is 9.22. The summed E-state index contributed by atoms with van der Waals surface area (Å²) < 4.78 is 6.26. The van der Waals surface area contributed by atoms with Gasteiger partial charge in [0.05, 0.1) is 24.3 Å². The minimum Gasteiger partial charge on any atom is -0.489 e. The third-order valence-corrected chi connectivity index (χ3v) is 7.58. The average molecular weight is 534 g/mol. The molecule has 0 radical (unpaired) electrons. The number of allylic oxidation sites excluding steroid dienone is 1. The molecule has 0 saturated carbocycles. The Bertz CT molecular complexity index is 1010. The molecule has 11 heteroatoms. The number of hydrogen-bond donors (Lipinski definition) is 2. The van der Waals surface area contributed by atoms with Crippen molar-refractivity contribution in [1.29, 1.82) is 0 Å². The number of hydrogen-bond acceptors (Lipinski definition) is 7. The topological polar surface area (TPSA) is 121 Å². The Morgan fingerprint density at radius 3 is 2.59 bits per heavy atom. The van der Waals surface area contributed by atoms with Crippen molar-refractivity contribution in [1.82, 2.24) is 25.4 Å². The molecule has 0 unspecified atom stereocenters. The van der Waals surface area contributed by atoms with Crippen LogP contribution in [0.5, 0.6) is 0 Å². The summed E-state index contributed by atoms with van der Waals surface area (Å²) >= 11 is 1.30. The third-order valence-electron chi connectivity index (χ3n) is 6.82. The first-order valence-corrected chi connectivity index (χ1v) is 13.3. The molecular weight excluding hydrogens is 494 g/mol. The number of carbonyl (C=O) groups is 4. The van der Waals surface area contributed by atoms with Gasteiger partial charge in [-0.15, -0.1) is 11.3 Å². The molecule has 0 bridgehead atoms. The van der Waals surface area contributed by atoms with E-state index in [0.29, 0.717) is 42.1 Å². The quantitative estimate of drug-likeness (QED) is 0.314. The Morgan fingerprint density at radius 2 is 2.05 bits per heavy atom. The van der Waals surface area contributed by atoms with E-state index >= 15 is 0 Å². The fourth-order valence-electron chi connectivity index (χ4n) is 4.55. The zero-order valence-corrected chi connectivity index (χ0v) is 23.4. The maximum Gasteiger partial charge on any atom is 0.265 e. The van der Waals surface area contributed by atoms with Crippen molar-refractivity contribution < 1.29 is 23.9 Å². The Morgan fingerprint density at radius 1 is 1.35 bits per heavy atom. The summed E-state index contributed by atoms with van der Waals surface area (Å²) in [6.45, 7) is 11.9. The second kappa shape index (κ2) is 13.9. The highest BCUT2D eigenvalue weighted by atomic mass is 32.1. The molecule has 10 nitrogen and oxygen atoms in total. The molecular formula is C26H39N5O5S. The van der Waals surface area contributed by atoms with Crippen LogP contribution < -0.4 is 10.6 Å². The van der Waals surface area contributed by atoms with Crippen LogP contribution in [0.15, 0.2) is 35.7 Å². The molecule has 1 aliphatic rings. The van der Waals surface area contributed by atoms with Crippen LogP contribution in [-0.4, -0.2) is 84.3 Å². The third kappa shape index (κ3) is 7.64. The van der Waals surface area contributed by atoms with Crippen molar-refractivity contribution in [3.8, 4) is 0 Å². The minimum atomic E-state index is -0.558. The molecule has 37 heavy (non-hydrogen) atoms. The number of carbonyl (C=O) groups excluding carboxylic acids is 4. The highest BCUT2D eigenvalue weighted by Gasteiger charge is 2.34. The van der Waals surface area contributed by atoms with Gasteiger partial charge in [-0.2, -0.15) is 0 Å². The van der Waals surface area contributed by atoms with Crippen LogP contribution >= 0.6 is 11.3 Å². The summed E-state index contributed by atoms with van der Waals surface area (Å²) in [6, 6.07) is -0.523. The largest absolute Gasteiger partial charge is 0.489 e. The van der Waals surface area contributed by atoms with E-state index in [1.807, 2.05) is 13.8 Å². The van der Waals surface area contributed by atoms with E-state index in [-0.39, 0.29) is 36.3 Å². The van der Waals surface area contributed by atoms with Crippen molar-refractivity contribution in [2.45, 2.75) is 52.7 Å². The summed E-state index contributed by atoms with van der Waals surface area (Å²) in [5.41, 5.74) is 2.34. The number of thiazole rings is 1. The Hall–Kier alpha value is -3.21. The molecule has 1 aromatic rings. The van der Waals surface area contributed by atoms with E-state index in [9.17, 15) is 19.2 Å². The first-order valence-electron chi connectivity index (χ1n) is 12.5. The van der Waals surface area contributed by atoms with E-state index in [0.717, 1.165) is 0 Å². The highest BCUT2D eigenvalue weighted by Crippen LogP contribution is 2.25. The molecule has 2 N–H and O–H groups in total. The van der Waals surface area contributed by atoms with Gasteiger partial charge in [0.15, 0.2) is 0 Å². The van der Waals surface area contributed by atoms with Crippen molar-refractivity contribution in [2.24, 2.45) is 11.8 Å². The number of likely N-dealkylation sites (tertiary alicyclic amines) is 1. The van der Waals surface area contributed by atoms with E-state index in [4.69, 9.17) is 4.74 Å². The normalized spacial score (nSPS) is 18.2. The summed E-state index contributed by atoms with van der Waals surface area (Å²) in [7, 11) is 3.22. The maximum absolute atomic E-state index is 13.4. The molecule has 4 atom stereocenters. The molecule has 1 fully saturated rings. The lowest BCUT2D eigenvalue weighted by Crippen LogP contribution is -2.49. The van der Waals surface area contributed by atoms with Crippen LogP contribution in [0.25, 0.3) is 0 Å². The number of likely N-dealkylation sites (N-methyl/N-ethyl adjacent to an activating group) is 1. The predicted octanol–water partition coefficient (Wildman–Crippen LogP) is 2.21. The maximum atomic E-state index is 13.4. The van der Waals surface area contributed by atoms with Crippen LogP contribution in [-0.2, 0) is 19.1 Å². The fourth-order valence-corrected chi connectivity index (χ4v) is 5.14. The summed E-state index contributed by atoms with van der Waals surface area (Å²) in [5, 5.41) is 5.43. The van der Waals surface area contributed by atoms with E-state index in [2.05, 4.69) is 22.2 Å². The molecule has 2 heterocycles. The first-order chi connectivity index (χ1) is 17.5. The molecule has 4 amide bonds. The standard InChI is InChI=1S/C26H39N5O5S/c1-8-20(24(33)27-6)16(3)25(34)30(7)21(12-29-18(5)32)17(4)22(9-2)36-19-10-11-31(14-19)26(35)23-13-28-15-37-23/h9,13,15-16,19-21H,2,8,10-12,14H2,1,3-7H3,(H,27,33)(H,29,32)/b22-17-/t16-,19+,20+,21-/m1/s1. The van der Waals surface area contributed by atoms with Crippen molar-refractivity contribution >= 4 is 35.0 Å². The van der Waals surface area contributed by atoms with E-state index < -0.39 is 17.9 Å². The van der Waals surface area contributed by atoms with E-state index in [1.54, 1.807) is 48.6 Å². The van der Waals surface area contributed by atoms with Crippen molar-refractivity contribution in [2.75, 3.05) is 33.7 Å². The predicted molar refractivity (Wildman–Crippen MR) is 143 cm³/mol. The van der Waals surface area contributed by atoms with Gasteiger partial charge >= 0.3 is 0 Å². The average Bonchev–Trinajstić information content (AvgIpc) is 3.59. The van der Waals surface area contributed by atoms with Crippen LogP contribution in [0.3, 0.4) is 0 Å². The summed E-state index contributed by atoms with van der Waals surface area (Å²) in [6.07, 6.45) is 4.09. The molecule has 0 aromatic carbocycles. The second-order valence-corrected chi connectivity index (χ2v) is 10.1. The van der Waals surface area contributed by atoms with E-state index in [1.165, 1.54) is 18.3 Å². The molecule has 1 saturated heterocycles. The monoisotopic (exact) mass is 533 g/mol. The number of aromatic nitrogens is 1. The number of ether oxygens (including phenoxy) is 1. The highest BCUT2D eigenvalue weighted by molar-refractivity contribution is 7.11. The summed E-state index contributed by atoms with van der Waals surface area (Å²) in [4.78, 5) is 58.0. The van der Waals surface area contributed by atoms with Crippen LogP contribution in [0.4, 0.5) is 0 Å².